The molecule has 2 rings (SSSR count). The lowest BCUT2D eigenvalue weighted by Gasteiger charge is -2.13. The third-order valence-electron chi connectivity index (χ3n) is 2.78. The van der Waals surface area contributed by atoms with Gasteiger partial charge in [-0.15, -0.1) is 0 Å². The molecule has 0 aliphatic carbocycles. The fourth-order valence-electron chi connectivity index (χ4n) is 1.83. The molecule has 0 aromatic heterocycles. The van der Waals surface area contributed by atoms with Crippen LogP contribution in [-0.4, -0.2) is 7.05 Å². The molecule has 20 heavy (non-hydrogen) atoms. The van der Waals surface area contributed by atoms with Crippen molar-refractivity contribution < 1.29 is 13.5 Å². The van der Waals surface area contributed by atoms with Crippen LogP contribution in [-0.2, 0) is 13.2 Å². The Balaban J connectivity index is 2.15. The fourth-order valence-corrected chi connectivity index (χ4v) is 2.35. The van der Waals surface area contributed by atoms with Crippen molar-refractivity contribution in [3.05, 3.63) is 63.6 Å². The van der Waals surface area contributed by atoms with Crippen molar-refractivity contribution in [2.45, 2.75) is 13.2 Å². The van der Waals surface area contributed by atoms with E-state index in [4.69, 9.17) is 4.74 Å². The lowest BCUT2D eigenvalue weighted by atomic mass is 10.2. The van der Waals surface area contributed by atoms with Gasteiger partial charge in [0.05, 0.1) is 4.47 Å². The molecule has 0 spiro atoms. The predicted molar refractivity (Wildman–Crippen MR) is 77.6 cm³/mol. The first kappa shape index (κ1) is 14.9. The molecule has 0 amide bonds. The van der Waals surface area contributed by atoms with Gasteiger partial charge in [-0.2, -0.15) is 0 Å². The van der Waals surface area contributed by atoms with Crippen LogP contribution in [0.3, 0.4) is 0 Å². The largest absolute Gasteiger partial charge is 0.487 e. The third-order valence-corrected chi connectivity index (χ3v) is 3.41. The van der Waals surface area contributed by atoms with Gasteiger partial charge in [0.25, 0.3) is 0 Å². The number of hydrogen-bond donors (Lipinski definition) is 1. The molecule has 5 heteroatoms. The number of ether oxygens (including phenoxy) is 1. The zero-order valence-electron chi connectivity index (χ0n) is 10.9. The standard InChI is InChI=1S/C15H14BrF2NO/c1-19-8-11-3-2-4-12(16)15(11)20-9-10-5-6-13(17)14(18)7-10/h2-7,19H,8-9H2,1H3. The highest BCUT2D eigenvalue weighted by atomic mass is 79.9. The van der Waals surface area contributed by atoms with Crippen LogP contribution in [0, 0.1) is 11.6 Å². The van der Waals surface area contributed by atoms with Crippen molar-refractivity contribution in [3.63, 3.8) is 0 Å². The van der Waals surface area contributed by atoms with E-state index < -0.39 is 11.6 Å². The molecular weight excluding hydrogens is 328 g/mol. The first-order valence-corrected chi connectivity index (χ1v) is 6.90. The molecule has 0 aliphatic rings. The van der Waals surface area contributed by atoms with E-state index >= 15 is 0 Å². The summed E-state index contributed by atoms with van der Waals surface area (Å²) in [7, 11) is 1.85. The molecular formula is C15H14BrF2NO. The topological polar surface area (TPSA) is 21.3 Å². The summed E-state index contributed by atoms with van der Waals surface area (Å²) in [6, 6.07) is 9.49. The molecule has 0 saturated carbocycles. The second-order valence-corrected chi connectivity index (χ2v) is 5.15. The Hall–Kier alpha value is -1.46. The minimum atomic E-state index is -0.867. The van der Waals surface area contributed by atoms with E-state index in [0.717, 1.165) is 22.2 Å². The van der Waals surface area contributed by atoms with E-state index in [0.29, 0.717) is 17.9 Å². The normalized spacial score (nSPS) is 10.6. The van der Waals surface area contributed by atoms with Crippen molar-refractivity contribution in [1.82, 2.24) is 5.32 Å². The quantitative estimate of drug-likeness (QED) is 0.886. The van der Waals surface area contributed by atoms with E-state index in [1.807, 2.05) is 25.2 Å². The summed E-state index contributed by atoms with van der Waals surface area (Å²) in [4.78, 5) is 0. The smallest absolute Gasteiger partial charge is 0.159 e. The van der Waals surface area contributed by atoms with Gasteiger partial charge in [0, 0.05) is 12.1 Å². The van der Waals surface area contributed by atoms with Gasteiger partial charge >= 0.3 is 0 Å². The van der Waals surface area contributed by atoms with Crippen molar-refractivity contribution in [1.29, 1.82) is 0 Å². The molecule has 0 fully saturated rings. The van der Waals surface area contributed by atoms with Crippen molar-refractivity contribution in [2.75, 3.05) is 7.05 Å². The van der Waals surface area contributed by atoms with Crippen LogP contribution in [0.25, 0.3) is 0 Å². The maximum absolute atomic E-state index is 13.1. The van der Waals surface area contributed by atoms with Crippen LogP contribution >= 0.6 is 15.9 Å². The van der Waals surface area contributed by atoms with Gasteiger partial charge in [-0.1, -0.05) is 18.2 Å². The molecule has 2 aromatic carbocycles. The first-order chi connectivity index (χ1) is 9.61. The Morgan fingerprint density at radius 2 is 1.95 bits per heavy atom. The van der Waals surface area contributed by atoms with E-state index in [-0.39, 0.29) is 6.61 Å². The molecule has 0 atom stereocenters. The summed E-state index contributed by atoms with van der Waals surface area (Å²) in [6.45, 7) is 0.836. The zero-order chi connectivity index (χ0) is 14.5. The summed E-state index contributed by atoms with van der Waals surface area (Å²) in [5.74, 6) is -1.02. The Labute approximate surface area is 124 Å². The van der Waals surface area contributed by atoms with Crippen LogP contribution in [0.15, 0.2) is 40.9 Å². The molecule has 106 valence electrons. The second kappa shape index (κ2) is 6.81. The zero-order valence-corrected chi connectivity index (χ0v) is 12.5. The highest BCUT2D eigenvalue weighted by molar-refractivity contribution is 9.10. The molecule has 0 radical (unpaired) electrons. The molecule has 1 N–H and O–H groups in total. The third kappa shape index (κ3) is 3.55. The molecule has 0 bridgehead atoms. The number of benzene rings is 2. The molecule has 0 heterocycles. The Kier molecular flexibility index (Phi) is 5.09. The lowest BCUT2D eigenvalue weighted by molar-refractivity contribution is 0.299. The Morgan fingerprint density at radius 1 is 1.15 bits per heavy atom. The van der Waals surface area contributed by atoms with Crippen molar-refractivity contribution >= 4 is 15.9 Å². The monoisotopic (exact) mass is 341 g/mol. The average molecular weight is 342 g/mol. The lowest BCUT2D eigenvalue weighted by Crippen LogP contribution is -2.08. The maximum atomic E-state index is 13.1. The van der Waals surface area contributed by atoms with Gasteiger partial charge < -0.3 is 10.1 Å². The molecule has 0 saturated heterocycles. The summed E-state index contributed by atoms with van der Waals surface area (Å²) >= 11 is 3.43. The van der Waals surface area contributed by atoms with Crippen LogP contribution in [0.1, 0.15) is 11.1 Å². The highest BCUT2D eigenvalue weighted by Gasteiger charge is 2.09. The number of hydrogen-bond acceptors (Lipinski definition) is 2. The Bertz CT molecular complexity index is 604. The van der Waals surface area contributed by atoms with Crippen LogP contribution in [0.4, 0.5) is 8.78 Å². The molecule has 0 unspecified atom stereocenters. The summed E-state index contributed by atoms with van der Waals surface area (Å²) in [5, 5.41) is 3.06. The maximum Gasteiger partial charge on any atom is 0.159 e. The number of para-hydroxylation sites is 1. The van der Waals surface area contributed by atoms with Gasteiger partial charge in [-0.3, -0.25) is 0 Å². The van der Waals surface area contributed by atoms with E-state index in [2.05, 4.69) is 21.2 Å². The van der Waals surface area contributed by atoms with Crippen LogP contribution in [0.2, 0.25) is 0 Å². The van der Waals surface area contributed by atoms with E-state index in [1.54, 1.807) is 0 Å². The number of rotatable bonds is 5. The van der Waals surface area contributed by atoms with Gasteiger partial charge in [0.2, 0.25) is 0 Å². The van der Waals surface area contributed by atoms with Crippen LogP contribution < -0.4 is 10.1 Å². The summed E-state index contributed by atoms with van der Waals surface area (Å²) in [5.41, 5.74) is 1.57. The second-order valence-electron chi connectivity index (χ2n) is 4.30. The summed E-state index contributed by atoms with van der Waals surface area (Å²) < 4.78 is 32.5. The Morgan fingerprint density at radius 3 is 2.65 bits per heavy atom. The SMILES string of the molecule is CNCc1cccc(Br)c1OCc1ccc(F)c(F)c1. The number of halogens is 3. The predicted octanol–water partition coefficient (Wildman–Crippen LogP) is 4.03. The van der Waals surface area contributed by atoms with Crippen LogP contribution in [0.5, 0.6) is 5.75 Å². The molecule has 0 aliphatic heterocycles. The van der Waals surface area contributed by atoms with E-state index in [9.17, 15) is 8.78 Å². The van der Waals surface area contributed by atoms with E-state index in [1.165, 1.54) is 6.07 Å². The average Bonchev–Trinajstić information content (AvgIpc) is 2.42. The fraction of sp³-hybridized carbons (Fsp3) is 0.200. The van der Waals surface area contributed by atoms with Gasteiger partial charge in [-0.05, 0) is 46.7 Å². The van der Waals surface area contributed by atoms with Crippen molar-refractivity contribution in [2.24, 2.45) is 0 Å². The van der Waals surface area contributed by atoms with Gasteiger partial charge in [0.15, 0.2) is 11.6 Å². The highest BCUT2D eigenvalue weighted by Crippen LogP contribution is 2.29. The summed E-state index contributed by atoms with van der Waals surface area (Å²) in [6.07, 6.45) is 0. The first-order valence-electron chi connectivity index (χ1n) is 6.10. The minimum absolute atomic E-state index is 0.177. The number of nitrogens with one attached hydrogen (secondary N) is 1. The van der Waals surface area contributed by atoms with Gasteiger partial charge in [0.1, 0.15) is 12.4 Å². The van der Waals surface area contributed by atoms with Crippen molar-refractivity contribution in [3.8, 4) is 5.75 Å². The van der Waals surface area contributed by atoms with Gasteiger partial charge in [-0.25, -0.2) is 8.78 Å². The molecule has 2 nitrogen and oxygen atoms in total. The molecule has 2 aromatic rings. The minimum Gasteiger partial charge on any atom is -0.487 e.